The summed E-state index contributed by atoms with van der Waals surface area (Å²) in [5, 5.41) is 78.8. The number of primary amides is 2. The molecule has 6 heterocycles. The summed E-state index contributed by atoms with van der Waals surface area (Å²) in [4.78, 5) is 306. The minimum Gasteiger partial charge on any atom is -0.508 e. The number of hydrogen-bond acceptors (Lipinski definition) is 24. The number of likely N-dealkylation sites (N-methyl/N-ethyl adjacent to an activating group) is 3. The Hall–Kier alpha value is -14.5. The number of phenols is 1. The average molecular weight is 1940 g/mol. The molecule has 3 aliphatic heterocycles. The fraction of sp³-hybridized carbons (Fsp3) is 0.505. The van der Waals surface area contributed by atoms with E-state index in [1.165, 1.54) is 64.0 Å². The maximum atomic E-state index is 15.8. The van der Waals surface area contributed by atoms with Gasteiger partial charge in [0.05, 0.1) is 31.1 Å². The number of H-pyrrole nitrogens is 3. The zero-order valence-electron chi connectivity index (χ0n) is 77.2. The molecule has 17 amide bonds. The van der Waals surface area contributed by atoms with Crippen LogP contribution in [0.2, 0.25) is 0 Å². The number of imidazole rings is 1. The van der Waals surface area contributed by atoms with Crippen LogP contribution in [0.3, 0.4) is 0 Å². The molecule has 3 fully saturated rings. The van der Waals surface area contributed by atoms with E-state index in [-0.39, 0.29) is 69.4 Å². The van der Waals surface area contributed by atoms with Gasteiger partial charge < -0.3 is 130 Å². The number of hydrogen-bond donors (Lipinski definition) is 20. The highest BCUT2D eigenvalue weighted by Crippen LogP contribution is 2.28. The van der Waals surface area contributed by atoms with Crippen LogP contribution in [-0.2, 0) is 122 Å². The first-order valence-electron chi connectivity index (χ1n) is 45.4. The van der Waals surface area contributed by atoms with Crippen LogP contribution in [0.15, 0.2) is 97.7 Å². The summed E-state index contributed by atoms with van der Waals surface area (Å²) in [6, 6.07) is -4.75. The van der Waals surface area contributed by atoms with Gasteiger partial charge in [0.2, 0.25) is 100 Å². The number of carboxylic acids is 3. The van der Waals surface area contributed by atoms with Crippen molar-refractivity contribution in [2.45, 2.75) is 240 Å². The molecule has 0 spiro atoms. The second kappa shape index (κ2) is 50.9. The van der Waals surface area contributed by atoms with E-state index >= 15 is 38.4 Å². The van der Waals surface area contributed by atoms with Crippen LogP contribution < -0.4 is 64.6 Å². The number of nitrogens with two attached hydrogens (primary N) is 2. The molecule has 3 aliphatic rings. The fourth-order valence-electron chi connectivity index (χ4n) is 16.7. The van der Waals surface area contributed by atoms with Gasteiger partial charge >= 0.3 is 17.9 Å². The number of phenolic OH excluding ortho intramolecular Hbond substituents is 1. The van der Waals surface area contributed by atoms with Crippen molar-refractivity contribution < 1.29 is 121 Å². The van der Waals surface area contributed by atoms with E-state index < -0.39 is 298 Å². The van der Waals surface area contributed by atoms with E-state index in [1.807, 2.05) is 0 Å². The number of nitrogens with zero attached hydrogens (tertiary/aromatic N) is 6. The summed E-state index contributed by atoms with van der Waals surface area (Å²) >= 11 is 0.677. The number of nitrogens with one attached hydrogen (secondary N) is 13. The summed E-state index contributed by atoms with van der Waals surface area (Å²) in [7, 11) is 3.68. The summed E-state index contributed by atoms with van der Waals surface area (Å²) < 4.78 is 0. The molecule has 9 rings (SSSR count). The number of aromatic nitrogens is 4. The predicted molar refractivity (Wildman–Crippen MR) is 495 cm³/mol. The van der Waals surface area contributed by atoms with E-state index in [0.717, 1.165) is 31.5 Å². The van der Waals surface area contributed by atoms with Crippen molar-refractivity contribution in [3.8, 4) is 5.75 Å². The third-order valence-electron chi connectivity index (χ3n) is 24.4. The average Bonchev–Trinajstić information content (AvgIpc) is 1.61. The van der Waals surface area contributed by atoms with Gasteiger partial charge in [0.25, 0.3) is 0 Å². The molecule has 0 aliphatic carbocycles. The molecular weight excluding hydrogens is 1820 g/mol. The number of benzene rings is 3. The van der Waals surface area contributed by atoms with Crippen molar-refractivity contribution in [2.75, 3.05) is 52.3 Å². The summed E-state index contributed by atoms with van der Waals surface area (Å²) in [5.41, 5.74) is 13.6. The van der Waals surface area contributed by atoms with Crippen LogP contribution in [0.1, 0.15) is 146 Å². The molecule has 22 N–H and O–H groups in total. The van der Waals surface area contributed by atoms with Gasteiger partial charge in [-0.15, -0.1) is 11.8 Å². The van der Waals surface area contributed by atoms with Gasteiger partial charge in [-0.1, -0.05) is 88.1 Å². The monoisotopic (exact) mass is 1940 g/mol. The van der Waals surface area contributed by atoms with Gasteiger partial charge in [-0.3, -0.25) is 95.9 Å². The van der Waals surface area contributed by atoms with Crippen LogP contribution in [0.25, 0.3) is 21.8 Å². The second-order valence-corrected chi connectivity index (χ2v) is 35.5. The van der Waals surface area contributed by atoms with E-state index in [2.05, 4.69) is 73.1 Å². The summed E-state index contributed by atoms with van der Waals surface area (Å²) in [6.45, 7) is 3.14. The quantitative estimate of drug-likeness (QED) is 0.0239. The Morgan fingerprint density at radius 1 is 0.493 bits per heavy atom. The lowest BCUT2D eigenvalue weighted by molar-refractivity contribution is -0.149. The van der Waals surface area contributed by atoms with Crippen LogP contribution in [0, 0.1) is 0 Å². The molecule has 138 heavy (non-hydrogen) atoms. The Balaban J connectivity index is 1.12. The number of thioether (sulfide) groups is 1. The minimum absolute atomic E-state index is 0.0907. The molecular formula is C91H121N21O25S. The Bertz CT molecular complexity index is 5420. The van der Waals surface area contributed by atoms with E-state index in [4.69, 9.17) is 11.5 Å². The number of carbonyl (C=O) groups excluding carboxylic acids is 17. The zero-order valence-corrected chi connectivity index (χ0v) is 78.0. The predicted octanol–water partition coefficient (Wildman–Crippen LogP) is -2.64. The summed E-state index contributed by atoms with van der Waals surface area (Å²) in [6.07, 6.45) is -1.99. The molecule has 3 saturated heterocycles. The number of aliphatic hydroxyl groups is 1. The van der Waals surface area contributed by atoms with Crippen molar-refractivity contribution in [3.05, 3.63) is 120 Å². The molecule has 746 valence electrons. The Morgan fingerprint density at radius 2 is 0.993 bits per heavy atom. The van der Waals surface area contributed by atoms with E-state index in [9.17, 15) is 83.1 Å². The van der Waals surface area contributed by atoms with Gasteiger partial charge in [-0.25, -0.2) is 4.98 Å². The highest BCUT2D eigenvalue weighted by atomic mass is 32.2. The van der Waals surface area contributed by atoms with Gasteiger partial charge in [0.1, 0.15) is 90.3 Å². The Morgan fingerprint density at radius 3 is 1.57 bits per heavy atom. The fourth-order valence-corrected chi connectivity index (χ4v) is 17.6. The molecule has 0 saturated carbocycles. The number of aliphatic carboxylic acids is 3. The maximum Gasteiger partial charge on any atom is 0.305 e. The minimum atomic E-state index is -1.97. The van der Waals surface area contributed by atoms with Crippen LogP contribution >= 0.6 is 11.8 Å². The van der Waals surface area contributed by atoms with Gasteiger partial charge in [-0.05, 0) is 92.8 Å². The zero-order chi connectivity index (χ0) is 101. The smallest absolute Gasteiger partial charge is 0.305 e. The first-order chi connectivity index (χ1) is 65.6. The van der Waals surface area contributed by atoms with Crippen molar-refractivity contribution in [1.82, 2.24) is 97.6 Å². The Labute approximate surface area is 796 Å². The second-order valence-electron chi connectivity index (χ2n) is 34.5. The van der Waals surface area contributed by atoms with Crippen molar-refractivity contribution in [2.24, 2.45) is 11.5 Å². The maximum absolute atomic E-state index is 15.8. The molecule has 0 unspecified atom stereocenters. The van der Waals surface area contributed by atoms with E-state index in [1.54, 1.807) is 68.6 Å². The lowest BCUT2D eigenvalue weighted by Gasteiger charge is -2.36. The number of fused-ring (bicyclic) bond motifs is 4. The number of aliphatic hydroxyl groups excluding tert-OH is 1. The number of carbonyl (C=O) groups is 20. The number of carboxylic acid groups (broad SMARTS) is 3. The lowest BCUT2D eigenvalue weighted by atomic mass is 9.99. The van der Waals surface area contributed by atoms with Crippen LogP contribution in [0.4, 0.5) is 0 Å². The third-order valence-corrected chi connectivity index (χ3v) is 25.4. The highest BCUT2D eigenvalue weighted by Gasteiger charge is 2.47. The van der Waals surface area contributed by atoms with Crippen molar-refractivity contribution >= 4 is 152 Å². The van der Waals surface area contributed by atoms with Crippen LogP contribution in [-0.4, -0.2) is 331 Å². The number of amides is 17. The largest absolute Gasteiger partial charge is 0.508 e. The molecule has 0 bridgehead atoms. The highest BCUT2D eigenvalue weighted by molar-refractivity contribution is 8.00. The van der Waals surface area contributed by atoms with Crippen molar-refractivity contribution in [3.63, 3.8) is 0 Å². The number of para-hydroxylation sites is 2. The summed E-state index contributed by atoms with van der Waals surface area (Å²) in [5.74, 6) is -23.7. The normalized spacial score (nSPS) is 24.4. The molecule has 46 nitrogen and oxygen atoms in total. The SMILES string of the molecule is CCCC[C@H]1C(=O)N(C)[C@@H](CCCC)C(=O)N[C@@H](CCC(=O)O)C(=O)N[C@H](C(=O)NCC(N)=O)CSCC(=O)N[C@@H](Cc2ccc(O)cc2)C(=O)N(C)[C@@H](C)C(=O)N[C@@H](CC(=O)O)C(=O)N2CCC[C@H]2C(=O)N[C@@H](Cc2cnc[nH]2)C(=O)N[C@@H](CCC(N)=O)C(=O)N2C[C@H](O)C[C@H]2C(=O)N[C@@H](Cc2c[nH]c3ccccc23)C(=O)N[C@@H](CCC(=O)O)C(=O)N[C@@H](Cc2c[nH]c3ccccc23)C(=O)N1C. The lowest BCUT2D eigenvalue weighted by Crippen LogP contribution is -2.61. The third kappa shape index (κ3) is 30.0. The van der Waals surface area contributed by atoms with Gasteiger partial charge in [-0.2, -0.15) is 0 Å². The van der Waals surface area contributed by atoms with Gasteiger partial charge in [0.15, 0.2) is 0 Å². The molecule has 3 aromatic carbocycles. The number of unbranched alkanes of at least 4 members (excludes halogenated alkanes) is 2. The number of rotatable bonds is 28. The van der Waals surface area contributed by atoms with Gasteiger partial charge in [0, 0.05) is 137 Å². The first kappa shape index (κ1) is 107. The van der Waals surface area contributed by atoms with Crippen LogP contribution in [0.5, 0.6) is 5.75 Å². The number of aromatic amines is 3. The molecule has 47 heteroatoms. The number of aromatic hydroxyl groups is 1. The molecule has 6 aromatic rings. The molecule has 15 atom stereocenters. The van der Waals surface area contributed by atoms with Crippen molar-refractivity contribution in [1.29, 1.82) is 0 Å². The van der Waals surface area contributed by atoms with E-state index in [0.29, 0.717) is 63.1 Å². The first-order valence-corrected chi connectivity index (χ1v) is 46.5. The molecule has 3 aromatic heterocycles. The Kier molecular flexibility index (Phi) is 39.5. The standard InChI is InChI=1S/C91H121N21O25S/c1-7-9-20-68-84(130)101-60(29-32-76(120)121)81(127)107-67(79(125)97-43-73(93)116)45-138-46-74(117)99-64(34-49-23-25-53(113)26-24-49)87(133)108(4)48(3)78(124)105-66(39-77(122)123)90(136)111-33-15-22-69(111)85(131)104-63(37-52-42-94-47-98-52)83(129)102-61(27-30-72(92)115)89(135)112-44-54(114)38-71(112)86(132)103-62(35-50-40-95-57-18-13-11-16-55(50)57)82(128)100-59(28-31-75(118)119)80(126)106-65(36-51-41-96-58-19-14-12-17-56(51)58)88(134)110(6)70(21-10-8-2)91(137)109(68)5/h11-14,16-19,23-26,40-42,47-48,54,59-71,95-96,113-114H,7-10,15,20-22,27-39,43-46H2,1-6H3,(H2,92,115)(H2,93,116)(H,94,98)(H,97,125)(H,99,117)(H,100,128)(H,101,130)(H,102,129)(H,103,132)(H,104,131)(H,105,124)(H,106,126)(H,107,127)(H,118,119)(H,120,121)(H,122,123)/t48-,54+,59-,60-,61-,62-,63-,64-,65-,66-,67-,68-,69-,70-,71-/m0/s1. The topological polar surface area (TPSA) is 691 Å². The molecule has 0 radical (unpaired) electrons.